The van der Waals surface area contributed by atoms with E-state index in [2.05, 4.69) is 20.6 Å². The van der Waals surface area contributed by atoms with Gasteiger partial charge in [0.05, 0.1) is 17.3 Å². The molecule has 168 valence electrons. The Balaban J connectivity index is 1.39. The lowest BCUT2D eigenvalue weighted by Gasteiger charge is -2.29. The Labute approximate surface area is 189 Å². The molecule has 2 fully saturated rings. The van der Waals surface area contributed by atoms with Crippen LogP contribution in [0.1, 0.15) is 44.2 Å². The molecule has 2 aromatic rings. The molecule has 31 heavy (non-hydrogen) atoms. The summed E-state index contributed by atoms with van der Waals surface area (Å²) in [6.07, 6.45) is 11.4. The zero-order chi connectivity index (χ0) is 21.6. The van der Waals surface area contributed by atoms with E-state index >= 15 is 0 Å². The number of nitrogens with zero attached hydrogens (tertiary/aromatic N) is 2. The molecule has 2 saturated carbocycles. The molecule has 0 radical (unpaired) electrons. The van der Waals surface area contributed by atoms with Crippen molar-refractivity contribution in [1.29, 1.82) is 0 Å². The fraction of sp³-hybridized carbons (Fsp3) is 0.583. The number of pyridine rings is 2. The number of anilines is 1. The summed E-state index contributed by atoms with van der Waals surface area (Å²) in [4.78, 5) is 8.53. The first-order valence-corrected chi connectivity index (χ1v) is 11.8. The van der Waals surface area contributed by atoms with Gasteiger partial charge in [-0.1, -0.05) is 11.6 Å². The van der Waals surface area contributed by atoms with E-state index in [9.17, 15) is 4.39 Å². The number of methoxy groups -OCH3 is 1. The molecule has 2 heterocycles. The van der Waals surface area contributed by atoms with Crippen LogP contribution >= 0.6 is 11.6 Å². The average Bonchev–Trinajstić information content (AvgIpc) is 3.61. The first-order chi connectivity index (χ1) is 15.1. The van der Waals surface area contributed by atoms with Crippen molar-refractivity contribution < 1.29 is 9.13 Å². The first kappa shape index (κ1) is 22.4. The standard InChI is InChI=1S/C24H32ClFN4O/c1-31-9-8-27-19-6-4-16(5-7-19)10-20-12-21(22(25)15-28-20)18-11-23(24(26)30-14-18)29-13-17-2-3-17/h11-12,14-17,19,27,29H,2-10,13H2,1H3. The predicted octanol–water partition coefficient (Wildman–Crippen LogP) is 5.10. The normalized spacial score (nSPS) is 21.3. The highest BCUT2D eigenvalue weighted by molar-refractivity contribution is 6.33. The first-order valence-electron chi connectivity index (χ1n) is 11.4. The smallest absolute Gasteiger partial charge is 0.236 e. The molecule has 0 atom stereocenters. The Bertz CT molecular complexity index is 869. The molecule has 2 aliphatic rings. The molecule has 7 heteroatoms. The lowest BCUT2D eigenvalue weighted by Crippen LogP contribution is -2.35. The van der Waals surface area contributed by atoms with Crippen molar-refractivity contribution >= 4 is 17.3 Å². The summed E-state index contributed by atoms with van der Waals surface area (Å²) in [5.74, 6) is 0.819. The molecule has 2 aliphatic carbocycles. The number of hydrogen-bond donors (Lipinski definition) is 2. The summed E-state index contributed by atoms with van der Waals surface area (Å²) in [6.45, 7) is 2.46. The van der Waals surface area contributed by atoms with E-state index in [0.717, 1.165) is 42.9 Å². The van der Waals surface area contributed by atoms with Crippen LogP contribution in [0.5, 0.6) is 0 Å². The molecular weight excluding hydrogens is 415 g/mol. The summed E-state index contributed by atoms with van der Waals surface area (Å²) in [5, 5.41) is 7.34. The maximum Gasteiger partial charge on any atom is 0.236 e. The van der Waals surface area contributed by atoms with Gasteiger partial charge in [0.25, 0.3) is 0 Å². The number of nitrogens with one attached hydrogen (secondary N) is 2. The van der Waals surface area contributed by atoms with Gasteiger partial charge in [-0.15, -0.1) is 0 Å². The van der Waals surface area contributed by atoms with E-state index in [-0.39, 0.29) is 0 Å². The van der Waals surface area contributed by atoms with Crippen LogP contribution in [0.25, 0.3) is 11.1 Å². The minimum Gasteiger partial charge on any atom is -0.383 e. The van der Waals surface area contributed by atoms with Crippen LogP contribution in [0, 0.1) is 17.8 Å². The molecule has 2 aromatic heterocycles. The topological polar surface area (TPSA) is 59.1 Å². The third kappa shape index (κ3) is 6.37. The Hall–Kier alpha value is -1.76. The summed E-state index contributed by atoms with van der Waals surface area (Å²) in [5.41, 5.74) is 3.16. The van der Waals surface area contributed by atoms with Gasteiger partial charge in [-0.3, -0.25) is 4.98 Å². The van der Waals surface area contributed by atoms with Crippen LogP contribution in [-0.2, 0) is 11.2 Å². The maximum atomic E-state index is 14.1. The molecule has 0 aromatic carbocycles. The van der Waals surface area contributed by atoms with Gasteiger partial charge < -0.3 is 15.4 Å². The highest BCUT2D eigenvalue weighted by Crippen LogP contribution is 2.33. The minimum absolute atomic E-state index is 0.443. The zero-order valence-corrected chi connectivity index (χ0v) is 18.9. The predicted molar refractivity (Wildman–Crippen MR) is 123 cm³/mol. The van der Waals surface area contributed by atoms with Crippen molar-refractivity contribution in [2.45, 2.75) is 51.0 Å². The lowest BCUT2D eigenvalue weighted by molar-refractivity contribution is 0.188. The molecule has 0 bridgehead atoms. The SMILES string of the molecule is COCCNC1CCC(Cc2cc(-c3cnc(F)c(NCC4CC4)c3)c(Cl)cn2)CC1. The summed E-state index contributed by atoms with van der Waals surface area (Å²) in [6, 6.07) is 4.45. The monoisotopic (exact) mass is 446 g/mol. The number of halogens is 2. The molecule has 0 spiro atoms. The van der Waals surface area contributed by atoms with Crippen molar-refractivity contribution in [3.8, 4) is 11.1 Å². The average molecular weight is 447 g/mol. The van der Waals surface area contributed by atoms with Gasteiger partial charge in [0.1, 0.15) is 0 Å². The lowest BCUT2D eigenvalue weighted by atomic mass is 9.83. The Morgan fingerprint density at radius 1 is 1.06 bits per heavy atom. The van der Waals surface area contributed by atoms with Crippen molar-refractivity contribution in [2.24, 2.45) is 11.8 Å². The zero-order valence-electron chi connectivity index (χ0n) is 18.2. The van der Waals surface area contributed by atoms with Gasteiger partial charge in [0, 0.05) is 55.5 Å². The number of rotatable bonds is 10. The summed E-state index contributed by atoms with van der Waals surface area (Å²) in [7, 11) is 1.74. The van der Waals surface area contributed by atoms with E-state index in [4.69, 9.17) is 16.3 Å². The molecule has 0 amide bonds. The molecule has 4 rings (SSSR count). The van der Waals surface area contributed by atoms with Crippen LogP contribution < -0.4 is 10.6 Å². The van der Waals surface area contributed by atoms with E-state index < -0.39 is 5.95 Å². The second-order valence-corrected chi connectivity index (χ2v) is 9.32. The van der Waals surface area contributed by atoms with Crippen LogP contribution in [0.3, 0.4) is 0 Å². The summed E-state index contributed by atoms with van der Waals surface area (Å²) >= 11 is 6.46. The van der Waals surface area contributed by atoms with E-state index in [1.54, 1.807) is 19.5 Å². The number of hydrogen-bond acceptors (Lipinski definition) is 5. The Kier molecular flexibility index (Phi) is 7.75. The molecule has 0 saturated heterocycles. The van der Waals surface area contributed by atoms with Crippen LogP contribution in [0.4, 0.5) is 10.1 Å². The largest absolute Gasteiger partial charge is 0.383 e. The van der Waals surface area contributed by atoms with E-state index in [1.165, 1.54) is 38.5 Å². The highest BCUT2D eigenvalue weighted by Gasteiger charge is 2.23. The van der Waals surface area contributed by atoms with Crippen molar-refractivity contribution in [3.05, 3.63) is 41.2 Å². The fourth-order valence-electron chi connectivity index (χ4n) is 4.34. The van der Waals surface area contributed by atoms with E-state index in [0.29, 0.717) is 28.6 Å². The number of ether oxygens (including phenoxy) is 1. The quantitative estimate of drug-likeness (QED) is 0.393. The third-order valence-corrected chi connectivity index (χ3v) is 6.73. The van der Waals surface area contributed by atoms with Gasteiger partial charge >= 0.3 is 0 Å². The summed E-state index contributed by atoms with van der Waals surface area (Å²) < 4.78 is 19.3. The highest BCUT2D eigenvalue weighted by atomic mass is 35.5. The van der Waals surface area contributed by atoms with Crippen LogP contribution in [0.15, 0.2) is 24.5 Å². The van der Waals surface area contributed by atoms with Crippen molar-refractivity contribution in [1.82, 2.24) is 15.3 Å². The van der Waals surface area contributed by atoms with Crippen molar-refractivity contribution in [2.75, 3.05) is 32.1 Å². The van der Waals surface area contributed by atoms with Gasteiger partial charge in [-0.2, -0.15) is 4.39 Å². The molecule has 0 unspecified atom stereocenters. The third-order valence-electron chi connectivity index (χ3n) is 6.42. The maximum absolute atomic E-state index is 14.1. The van der Waals surface area contributed by atoms with Crippen molar-refractivity contribution in [3.63, 3.8) is 0 Å². The Morgan fingerprint density at radius 3 is 2.58 bits per heavy atom. The minimum atomic E-state index is -0.467. The van der Waals surface area contributed by atoms with Gasteiger partial charge in [-0.05, 0) is 68.9 Å². The second kappa shape index (κ2) is 10.7. The second-order valence-electron chi connectivity index (χ2n) is 8.91. The Morgan fingerprint density at radius 2 is 1.84 bits per heavy atom. The molecular formula is C24H32ClFN4O. The molecule has 2 N–H and O–H groups in total. The van der Waals surface area contributed by atoms with Gasteiger partial charge in [0.2, 0.25) is 5.95 Å². The molecule has 0 aliphatic heterocycles. The molecule has 5 nitrogen and oxygen atoms in total. The van der Waals surface area contributed by atoms with Crippen LogP contribution in [0.2, 0.25) is 5.02 Å². The number of aromatic nitrogens is 2. The van der Waals surface area contributed by atoms with E-state index in [1.807, 2.05) is 12.1 Å². The van der Waals surface area contributed by atoms with Gasteiger partial charge in [0.15, 0.2) is 0 Å². The fourth-order valence-corrected chi connectivity index (χ4v) is 4.55. The van der Waals surface area contributed by atoms with Gasteiger partial charge in [-0.25, -0.2) is 4.98 Å². The van der Waals surface area contributed by atoms with Crippen LogP contribution in [-0.4, -0.2) is 42.8 Å².